The molecule has 0 aromatic rings. The van der Waals surface area contributed by atoms with Crippen molar-refractivity contribution in [3.63, 3.8) is 0 Å². The fourth-order valence-corrected chi connectivity index (χ4v) is 3.93. The van der Waals surface area contributed by atoms with Crippen molar-refractivity contribution in [2.75, 3.05) is 39.8 Å². The van der Waals surface area contributed by atoms with Crippen LogP contribution in [-0.4, -0.2) is 61.5 Å². The van der Waals surface area contributed by atoms with Gasteiger partial charge in [-0.1, -0.05) is 20.8 Å². The van der Waals surface area contributed by atoms with E-state index in [1.807, 2.05) is 11.9 Å². The maximum absolute atomic E-state index is 13.0. The highest BCUT2D eigenvalue weighted by Gasteiger charge is 2.45. The van der Waals surface area contributed by atoms with E-state index in [0.717, 1.165) is 32.6 Å². The smallest absolute Gasteiger partial charge is 0.230 e. The van der Waals surface area contributed by atoms with Crippen LogP contribution in [0.15, 0.2) is 0 Å². The van der Waals surface area contributed by atoms with Crippen LogP contribution in [0.3, 0.4) is 0 Å². The second kappa shape index (κ2) is 6.44. The summed E-state index contributed by atoms with van der Waals surface area (Å²) in [5.74, 6) is 0.749. The van der Waals surface area contributed by atoms with Gasteiger partial charge in [-0.15, -0.1) is 0 Å². The van der Waals surface area contributed by atoms with Gasteiger partial charge >= 0.3 is 0 Å². The summed E-state index contributed by atoms with van der Waals surface area (Å²) in [7, 11) is 2.00. The van der Waals surface area contributed by atoms with Crippen molar-refractivity contribution < 1.29 is 4.79 Å². The quantitative estimate of drug-likeness (QED) is 0.831. The lowest BCUT2D eigenvalue weighted by atomic mass is 9.75. The van der Waals surface area contributed by atoms with Crippen LogP contribution in [0.1, 0.15) is 40.0 Å². The molecule has 4 heteroatoms. The molecule has 2 unspecified atom stereocenters. The van der Waals surface area contributed by atoms with E-state index < -0.39 is 0 Å². The van der Waals surface area contributed by atoms with E-state index in [0.29, 0.717) is 17.9 Å². The third kappa shape index (κ3) is 2.86. The second-order valence-corrected chi connectivity index (χ2v) is 6.85. The van der Waals surface area contributed by atoms with Gasteiger partial charge in [-0.2, -0.15) is 0 Å². The molecule has 0 bridgehead atoms. The van der Waals surface area contributed by atoms with Gasteiger partial charge < -0.3 is 10.2 Å². The van der Waals surface area contributed by atoms with Crippen molar-refractivity contribution in [3.05, 3.63) is 0 Å². The van der Waals surface area contributed by atoms with Gasteiger partial charge in [-0.25, -0.2) is 0 Å². The Morgan fingerprint density at radius 1 is 1.50 bits per heavy atom. The van der Waals surface area contributed by atoms with Crippen molar-refractivity contribution in [3.8, 4) is 0 Å². The first kappa shape index (κ1) is 15.8. The van der Waals surface area contributed by atoms with Crippen LogP contribution in [-0.2, 0) is 4.79 Å². The van der Waals surface area contributed by atoms with E-state index in [4.69, 9.17) is 0 Å². The molecule has 4 nitrogen and oxygen atoms in total. The zero-order valence-electron chi connectivity index (χ0n) is 13.6. The van der Waals surface area contributed by atoms with E-state index in [-0.39, 0.29) is 5.41 Å². The van der Waals surface area contributed by atoms with Crippen LogP contribution in [0.5, 0.6) is 0 Å². The summed E-state index contributed by atoms with van der Waals surface area (Å²) in [5.41, 5.74) is -0.176. The van der Waals surface area contributed by atoms with Crippen molar-refractivity contribution in [1.29, 1.82) is 0 Å². The van der Waals surface area contributed by atoms with Crippen LogP contribution in [0.25, 0.3) is 0 Å². The minimum atomic E-state index is -0.176. The number of carbonyl (C=O) groups is 1. The van der Waals surface area contributed by atoms with E-state index in [2.05, 4.69) is 31.0 Å². The molecule has 1 N–H and O–H groups in total. The Labute approximate surface area is 123 Å². The molecule has 2 rings (SSSR count). The van der Waals surface area contributed by atoms with Crippen LogP contribution >= 0.6 is 0 Å². The number of likely N-dealkylation sites (N-methyl/N-ethyl adjacent to an activating group) is 2. The number of nitrogens with one attached hydrogen (secondary N) is 1. The number of hydrogen-bond acceptors (Lipinski definition) is 3. The van der Waals surface area contributed by atoms with E-state index >= 15 is 0 Å². The summed E-state index contributed by atoms with van der Waals surface area (Å²) >= 11 is 0. The number of nitrogens with zero attached hydrogens (tertiary/aromatic N) is 2. The number of likely N-dealkylation sites (tertiary alicyclic amines) is 1. The molecule has 0 aliphatic carbocycles. The fraction of sp³-hybridized carbons (Fsp3) is 0.938. The molecule has 2 heterocycles. The molecule has 2 fully saturated rings. The van der Waals surface area contributed by atoms with E-state index in [9.17, 15) is 4.79 Å². The van der Waals surface area contributed by atoms with Gasteiger partial charge in [0, 0.05) is 26.2 Å². The average Bonchev–Trinajstić information content (AvgIpc) is 3.06. The molecule has 2 aliphatic rings. The Morgan fingerprint density at radius 2 is 2.25 bits per heavy atom. The standard InChI is InChI=1S/C16H31N3O/c1-5-19-10-6-7-14(19)11-18(4)15(20)16(13(2)3)8-9-17-12-16/h13-14,17H,5-12H2,1-4H3. The fourth-order valence-electron chi connectivity index (χ4n) is 3.93. The molecule has 0 aromatic carbocycles. The summed E-state index contributed by atoms with van der Waals surface area (Å²) in [6.07, 6.45) is 3.49. The highest BCUT2D eigenvalue weighted by molar-refractivity contribution is 5.83. The SMILES string of the molecule is CCN1CCCC1CN(C)C(=O)C1(C(C)C)CCNC1. The van der Waals surface area contributed by atoms with Crippen molar-refractivity contribution in [1.82, 2.24) is 15.1 Å². The molecule has 0 spiro atoms. The first-order chi connectivity index (χ1) is 9.51. The first-order valence-corrected chi connectivity index (χ1v) is 8.21. The lowest BCUT2D eigenvalue weighted by Crippen LogP contribution is -2.50. The number of hydrogen-bond donors (Lipinski definition) is 1. The van der Waals surface area contributed by atoms with E-state index in [1.165, 1.54) is 19.4 Å². The van der Waals surface area contributed by atoms with Crippen molar-refractivity contribution in [2.24, 2.45) is 11.3 Å². The Morgan fingerprint density at radius 3 is 2.80 bits per heavy atom. The third-order valence-corrected chi connectivity index (χ3v) is 5.46. The van der Waals surface area contributed by atoms with Crippen LogP contribution < -0.4 is 5.32 Å². The predicted molar refractivity (Wildman–Crippen MR) is 82.7 cm³/mol. The zero-order valence-corrected chi connectivity index (χ0v) is 13.6. The number of amides is 1. The Balaban J connectivity index is 2.00. The topological polar surface area (TPSA) is 35.6 Å². The summed E-state index contributed by atoms with van der Waals surface area (Å²) in [4.78, 5) is 17.5. The maximum Gasteiger partial charge on any atom is 0.230 e. The maximum atomic E-state index is 13.0. The molecular formula is C16H31N3O. The summed E-state index contributed by atoms with van der Waals surface area (Å²) in [5, 5.41) is 3.39. The van der Waals surface area contributed by atoms with Gasteiger partial charge in [0.15, 0.2) is 0 Å². The molecule has 0 aromatic heterocycles. The highest BCUT2D eigenvalue weighted by atomic mass is 16.2. The highest BCUT2D eigenvalue weighted by Crippen LogP contribution is 2.36. The Hall–Kier alpha value is -0.610. The minimum Gasteiger partial charge on any atom is -0.344 e. The summed E-state index contributed by atoms with van der Waals surface area (Å²) in [6, 6.07) is 0.563. The molecule has 116 valence electrons. The summed E-state index contributed by atoms with van der Waals surface area (Å²) in [6.45, 7) is 11.6. The van der Waals surface area contributed by atoms with Gasteiger partial charge in [0.2, 0.25) is 5.91 Å². The van der Waals surface area contributed by atoms with Crippen molar-refractivity contribution in [2.45, 2.75) is 46.1 Å². The zero-order chi connectivity index (χ0) is 14.8. The third-order valence-electron chi connectivity index (χ3n) is 5.46. The molecule has 2 atom stereocenters. The van der Waals surface area contributed by atoms with Crippen LogP contribution in [0.4, 0.5) is 0 Å². The van der Waals surface area contributed by atoms with Crippen LogP contribution in [0, 0.1) is 11.3 Å². The van der Waals surface area contributed by atoms with E-state index in [1.54, 1.807) is 0 Å². The number of rotatable bonds is 5. The number of carbonyl (C=O) groups excluding carboxylic acids is 1. The lowest BCUT2D eigenvalue weighted by Gasteiger charge is -2.37. The molecule has 20 heavy (non-hydrogen) atoms. The van der Waals surface area contributed by atoms with Gasteiger partial charge in [0.1, 0.15) is 0 Å². The van der Waals surface area contributed by atoms with Gasteiger partial charge in [0.25, 0.3) is 0 Å². The largest absolute Gasteiger partial charge is 0.344 e. The minimum absolute atomic E-state index is 0.176. The first-order valence-electron chi connectivity index (χ1n) is 8.21. The molecule has 1 amide bonds. The molecule has 0 saturated carbocycles. The Bertz CT molecular complexity index is 337. The normalized spacial score (nSPS) is 31.1. The predicted octanol–water partition coefficient (Wildman–Crippen LogP) is 1.56. The van der Waals surface area contributed by atoms with Crippen LogP contribution in [0.2, 0.25) is 0 Å². The Kier molecular flexibility index (Phi) is 5.08. The molecule has 0 radical (unpaired) electrons. The second-order valence-electron chi connectivity index (χ2n) is 6.85. The van der Waals surface area contributed by atoms with Gasteiger partial charge in [-0.05, 0) is 44.8 Å². The lowest BCUT2D eigenvalue weighted by molar-refractivity contribution is -0.143. The molecule has 2 aliphatic heterocycles. The monoisotopic (exact) mass is 281 g/mol. The van der Waals surface area contributed by atoms with Gasteiger partial charge in [-0.3, -0.25) is 9.69 Å². The molecular weight excluding hydrogens is 250 g/mol. The summed E-state index contributed by atoms with van der Waals surface area (Å²) < 4.78 is 0. The van der Waals surface area contributed by atoms with Gasteiger partial charge in [0.05, 0.1) is 5.41 Å². The van der Waals surface area contributed by atoms with Crippen molar-refractivity contribution >= 4 is 5.91 Å². The molecule has 2 saturated heterocycles. The average molecular weight is 281 g/mol.